The Morgan fingerprint density at radius 2 is 2.08 bits per heavy atom. The third-order valence-corrected chi connectivity index (χ3v) is 2.11. The van der Waals surface area contributed by atoms with Gasteiger partial charge in [-0.1, -0.05) is 27.5 Å². The molecule has 0 unspecified atom stereocenters. The maximum atomic E-state index is 10.4. The summed E-state index contributed by atoms with van der Waals surface area (Å²) < 4.78 is 0.538. The molecule has 0 aromatic heterocycles. The van der Waals surface area contributed by atoms with Crippen LogP contribution < -0.4 is 5.73 Å². The van der Waals surface area contributed by atoms with Gasteiger partial charge in [-0.25, -0.2) is 0 Å². The van der Waals surface area contributed by atoms with Crippen molar-refractivity contribution >= 4 is 51.3 Å². The van der Waals surface area contributed by atoms with Gasteiger partial charge in [-0.15, -0.1) is 12.4 Å². The van der Waals surface area contributed by atoms with Crippen LogP contribution in [0.4, 0.5) is 11.4 Å². The zero-order valence-electron chi connectivity index (χ0n) is 6.16. The smallest absolute Gasteiger partial charge is 0.291 e. The van der Waals surface area contributed by atoms with Crippen molar-refractivity contribution in [2.24, 2.45) is 0 Å². The van der Waals surface area contributed by atoms with E-state index in [0.29, 0.717) is 4.47 Å². The van der Waals surface area contributed by atoms with Gasteiger partial charge in [0, 0.05) is 10.5 Å². The summed E-state index contributed by atoms with van der Waals surface area (Å²) in [5.41, 5.74) is 5.39. The molecular formula is C6H5BrCl2N2O2. The minimum absolute atomic E-state index is 0. The van der Waals surface area contributed by atoms with Gasteiger partial charge >= 0.3 is 0 Å². The number of rotatable bonds is 1. The van der Waals surface area contributed by atoms with Crippen LogP contribution in [-0.2, 0) is 0 Å². The molecule has 0 amide bonds. The number of nitrogens with zero attached hydrogens (tertiary/aromatic N) is 1. The second-order valence-corrected chi connectivity index (χ2v) is 3.38. The third-order valence-electron chi connectivity index (χ3n) is 1.24. The summed E-state index contributed by atoms with van der Waals surface area (Å²) in [5, 5.41) is 10.3. The highest BCUT2D eigenvalue weighted by molar-refractivity contribution is 9.10. The largest absolute Gasteiger partial charge is 0.397 e. The van der Waals surface area contributed by atoms with E-state index in [-0.39, 0.29) is 28.8 Å². The van der Waals surface area contributed by atoms with Gasteiger partial charge in [0.15, 0.2) is 0 Å². The van der Waals surface area contributed by atoms with E-state index >= 15 is 0 Å². The molecule has 0 bridgehead atoms. The van der Waals surface area contributed by atoms with Crippen molar-refractivity contribution in [3.63, 3.8) is 0 Å². The summed E-state index contributed by atoms with van der Waals surface area (Å²) in [6.07, 6.45) is 0. The summed E-state index contributed by atoms with van der Waals surface area (Å²) >= 11 is 8.65. The number of nitro benzene ring substituents is 1. The normalized spacial score (nSPS) is 9.08. The Kier molecular flexibility index (Phi) is 4.46. The summed E-state index contributed by atoms with van der Waals surface area (Å²) in [4.78, 5) is 9.79. The van der Waals surface area contributed by atoms with Crippen LogP contribution >= 0.6 is 39.9 Å². The molecule has 1 aromatic rings. The lowest BCUT2D eigenvalue weighted by Crippen LogP contribution is -1.93. The second kappa shape index (κ2) is 4.64. The van der Waals surface area contributed by atoms with Gasteiger partial charge in [-0.2, -0.15) is 0 Å². The van der Waals surface area contributed by atoms with Crippen LogP contribution in [0.5, 0.6) is 0 Å². The monoisotopic (exact) mass is 286 g/mol. The predicted molar refractivity (Wildman–Crippen MR) is 57.5 cm³/mol. The number of benzene rings is 1. The average molecular weight is 288 g/mol. The van der Waals surface area contributed by atoms with E-state index in [1.165, 1.54) is 12.1 Å². The lowest BCUT2D eigenvalue weighted by molar-refractivity contribution is -0.384. The average Bonchev–Trinajstić information content (AvgIpc) is 1.96. The van der Waals surface area contributed by atoms with Gasteiger partial charge < -0.3 is 5.73 Å². The number of anilines is 1. The van der Waals surface area contributed by atoms with E-state index < -0.39 is 4.92 Å². The topological polar surface area (TPSA) is 69.2 Å². The molecule has 0 atom stereocenters. The minimum atomic E-state index is -0.580. The lowest BCUT2D eigenvalue weighted by Gasteiger charge is -1.99. The molecule has 0 saturated heterocycles. The van der Waals surface area contributed by atoms with E-state index in [0.717, 1.165) is 0 Å². The fourth-order valence-electron chi connectivity index (χ4n) is 0.728. The molecule has 1 aromatic carbocycles. The first-order valence-corrected chi connectivity index (χ1v) is 4.08. The van der Waals surface area contributed by atoms with E-state index in [1.807, 2.05) is 0 Å². The van der Waals surface area contributed by atoms with Crippen LogP contribution in [0.3, 0.4) is 0 Å². The Hall–Kier alpha value is -0.520. The van der Waals surface area contributed by atoms with Crippen molar-refractivity contribution < 1.29 is 4.92 Å². The molecule has 1 rings (SSSR count). The fourth-order valence-corrected chi connectivity index (χ4v) is 1.37. The Bertz CT molecular complexity index is 346. The summed E-state index contributed by atoms with van der Waals surface area (Å²) in [6, 6.07) is 2.81. The van der Waals surface area contributed by atoms with Crippen LogP contribution in [0.1, 0.15) is 0 Å². The molecule has 0 aliphatic heterocycles. The first-order valence-electron chi connectivity index (χ1n) is 2.91. The maximum absolute atomic E-state index is 10.4. The number of nitrogens with two attached hydrogens (primary N) is 1. The summed E-state index contributed by atoms with van der Waals surface area (Å²) in [5.74, 6) is 0. The highest BCUT2D eigenvalue weighted by Gasteiger charge is 2.15. The molecule has 0 aliphatic rings. The number of hydrogen-bond donors (Lipinski definition) is 1. The van der Waals surface area contributed by atoms with Crippen LogP contribution in [-0.4, -0.2) is 4.92 Å². The first-order chi connectivity index (χ1) is 5.52. The molecule has 13 heavy (non-hydrogen) atoms. The van der Waals surface area contributed by atoms with Crippen LogP contribution in [0.2, 0.25) is 5.02 Å². The molecule has 0 spiro atoms. The van der Waals surface area contributed by atoms with E-state index in [9.17, 15) is 10.1 Å². The first kappa shape index (κ1) is 12.5. The molecule has 72 valence electrons. The van der Waals surface area contributed by atoms with Crippen LogP contribution in [0, 0.1) is 10.1 Å². The Labute approximate surface area is 93.7 Å². The molecule has 0 radical (unpaired) electrons. The highest BCUT2D eigenvalue weighted by Crippen LogP contribution is 2.33. The van der Waals surface area contributed by atoms with Crippen molar-refractivity contribution in [1.82, 2.24) is 0 Å². The fraction of sp³-hybridized carbons (Fsp3) is 0. The van der Waals surface area contributed by atoms with Gasteiger partial charge in [-0.3, -0.25) is 10.1 Å². The van der Waals surface area contributed by atoms with Crippen molar-refractivity contribution in [3.05, 3.63) is 31.7 Å². The third kappa shape index (κ3) is 2.72. The molecular weight excluding hydrogens is 283 g/mol. The molecule has 7 heteroatoms. The van der Waals surface area contributed by atoms with E-state index in [1.54, 1.807) is 0 Å². The maximum Gasteiger partial charge on any atom is 0.291 e. The van der Waals surface area contributed by atoms with Gasteiger partial charge in [0.1, 0.15) is 5.02 Å². The minimum Gasteiger partial charge on any atom is -0.397 e. The number of hydrogen-bond acceptors (Lipinski definition) is 3. The van der Waals surface area contributed by atoms with E-state index in [4.69, 9.17) is 17.3 Å². The molecule has 0 fully saturated rings. The zero-order valence-corrected chi connectivity index (χ0v) is 9.32. The molecule has 4 nitrogen and oxygen atoms in total. The van der Waals surface area contributed by atoms with Gasteiger partial charge in [-0.05, 0) is 6.07 Å². The summed E-state index contributed by atoms with van der Waals surface area (Å²) in [7, 11) is 0. The molecule has 2 N–H and O–H groups in total. The quantitative estimate of drug-likeness (QED) is 0.490. The SMILES string of the molecule is Cl.Nc1cc(Br)cc([N+](=O)[O-])c1Cl. The Balaban J connectivity index is 0.00000144. The highest BCUT2D eigenvalue weighted by atomic mass is 79.9. The number of nitro groups is 1. The van der Waals surface area contributed by atoms with Crippen molar-refractivity contribution in [2.45, 2.75) is 0 Å². The van der Waals surface area contributed by atoms with Crippen molar-refractivity contribution in [3.8, 4) is 0 Å². The number of halogens is 3. The molecule has 0 aliphatic carbocycles. The molecule has 0 saturated carbocycles. The van der Waals surface area contributed by atoms with Gasteiger partial charge in [0.05, 0.1) is 10.6 Å². The molecule has 0 heterocycles. The van der Waals surface area contributed by atoms with Crippen LogP contribution in [0.15, 0.2) is 16.6 Å². The van der Waals surface area contributed by atoms with Gasteiger partial charge in [0.25, 0.3) is 5.69 Å². The lowest BCUT2D eigenvalue weighted by atomic mass is 10.3. The van der Waals surface area contributed by atoms with E-state index in [2.05, 4.69) is 15.9 Å². The van der Waals surface area contributed by atoms with Gasteiger partial charge in [0.2, 0.25) is 0 Å². The predicted octanol–water partition coefficient (Wildman–Crippen LogP) is 3.01. The van der Waals surface area contributed by atoms with Crippen molar-refractivity contribution in [1.29, 1.82) is 0 Å². The Morgan fingerprint density at radius 1 is 1.54 bits per heavy atom. The van der Waals surface area contributed by atoms with Crippen molar-refractivity contribution in [2.75, 3.05) is 5.73 Å². The second-order valence-electron chi connectivity index (χ2n) is 2.09. The number of nitrogen functional groups attached to an aromatic ring is 1. The van der Waals surface area contributed by atoms with Crippen LogP contribution in [0.25, 0.3) is 0 Å². The standard InChI is InChI=1S/C6H4BrClN2O2.ClH/c7-3-1-4(9)6(8)5(2-3)10(11)12;/h1-2H,9H2;1H. The summed E-state index contributed by atoms with van der Waals surface area (Å²) in [6.45, 7) is 0. The Morgan fingerprint density at radius 3 is 2.54 bits per heavy atom. The zero-order chi connectivity index (χ0) is 9.30.